The third-order valence-corrected chi connectivity index (χ3v) is 2.47. The van der Waals surface area contributed by atoms with E-state index in [-0.39, 0.29) is 18.1 Å². The average Bonchev–Trinajstić information content (AvgIpc) is 2.30. The normalized spacial score (nSPS) is 9.72. The van der Waals surface area contributed by atoms with Crippen LogP contribution in [0.2, 0.25) is 5.02 Å². The van der Waals surface area contributed by atoms with Gasteiger partial charge in [-0.3, -0.25) is 14.4 Å². The Morgan fingerprint density at radius 1 is 1.28 bits per heavy atom. The average molecular weight is 269 g/mol. The van der Waals surface area contributed by atoms with Gasteiger partial charge in [0.1, 0.15) is 5.78 Å². The van der Waals surface area contributed by atoms with E-state index in [4.69, 9.17) is 11.6 Å². The van der Waals surface area contributed by atoms with Crippen LogP contribution >= 0.6 is 11.6 Å². The van der Waals surface area contributed by atoms with E-state index in [1.165, 1.54) is 26.1 Å². The van der Waals surface area contributed by atoms with Crippen LogP contribution in [0.5, 0.6) is 0 Å². The Morgan fingerprint density at radius 2 is 1.94 bits per heavy atom. The Morgan fingerprint density at radius 3 is 2.50 bits per heavy atom. The van der Waals surface area contributed by atoms with Crippen LogP contribution in [-0.4, -0.2) is 24.6 Å². The van der Waals surface area contributed by atoms with Crippen LogP contribution in [0, 0.1) is 0 Å². The summed E-state index contributed by atoms with van der Waals surface area (Å²) >= 11 is 5.89. The molecule has 0 aliphatic carbocycles. The summed E-state index contributed by atoms with van der Waals surface area (Å²) < 4.78 is 0. The van der Waals surface area contributed by atoms with E-state index in [0.29, 0.717) is 16.3 Å². The Kier molecular flexibility index (Phi) is 4.85. The van der Waals surface area contributed by atoms with Crippen LogP contribution < -0.4 is 10.6 Å². The van der Waals surface area contributed by atoms with Crippen LogP contribution in [0.4, 0.5) is 5.69 Å². The molecule has 0 aliphatic rings. The van der Waals surface area contributed by atoms with Crippen molar-refractivity contribution >= 4 is 34.9 Å². The van der Waals surface area contributed by atoms with E-state index < -0.39 is 5.91 Å². The predicted molar refractivity (Wildman–Crippen MR) is 68.8 cm³/mol. The third-order valence-electron chi connectivity index (χ3n) is 2.14. The highest BCUT2D eigenvalue weighted by molar-refractivity contribution is 6.34. The summed E-state index contributed by atoms with van der Waals surface area (Å²) in [6.07, 6.45) is -0.222. The fourth-order valence-corrected chi connectivity index (χ4v) is 1.49. The minimum atomic E-state index is -0.460. The molecule has 1 aromatic carbocycles. The maximum atomic E-state index is 11.4. The Hall–Kier alpha value is -1.88. The van der Waals surface area contributed by atoms with Gasteiger partial charge in [-0.25, -0.2) is 0 Å². The number of carbonyl (C=O) groups excluding carboxylic acids is 3. The molecule has 0 radical (unpaired) electrons. The molecule has 6 heteroatoms. The number of hydrogen-bond donors (Lipinski definition) is 2. The fourth-order valence-electron chi connectivity index (χ4n) is 1.33. The summed E-state index contributed by atoms with van der Waals surface area (Å²) in [6.45, 7) is 1.32. The lowest BCUT2D eigenvalue weighted by Crippen LogP contribution is -2.19. The molecule has 0 unspecified atom stereocenters. The van der Waals surface area contributed by atoms with E-state index in [1.807, 2.05) is 0 Å². The molecule has 0 fully saturated rings. The van der Waals surface area contributed by atoms with Crippen molar-refractivity contribution in [1.29, 1.82) is 0 Å². The molecule has 0 bridgehead atoms. The number of benzene rings is 1. The van der Waals surface area contributed by atoms with Crippen LogP contribution in [0.1, 0.15) is 23.7 Å². The van der Waals surface area contributed by atoms with Gasteiger partial charge in [0, 0.05) is 12.6 Å². The molecule has 5 nitrogen and oxygen atoms in total. The maximum Gasteiger partial charge on any atom is 0.251 e. The Labute approximate surface area is 110 Å². The first-order valence-corrected chi connectivity index (χ1v) is 5.62. The monoisotopic (exact) mass is 268 g/mol. The second kappa shape index (κ2) is 6.16. The zero-order chi connectivity index (χ0) is 13.7. The smallest absolute Gasteiger partial charge is 0.251 e. The first-order chi connectivity index (χ1) is 8.43. The van der Waals surface area contributed by atoms with Crippen molar-refractivity contribution in [3.05, 3.63) is 28.8 Å². The highest BCUT2D eigenvalue weighted by Crippen LogP contribution is 2.23. The zero-order valence-electron chi connectivity index (χ0n) is 10.0. The van der Waals surface area contributed by atoms with E-state index in [9.17, 15) is 14.4 Å². The van der Waals surface area contributed by atoms with E-state index in [0.717, 1.165) is 0 Å². The van der Waals surface area contributed by atoms with Gasteiger partial charge in [-0.2, -0.15) is 0 Å². The minimum absolute atomic E-state index is 0.222. The summed E-state index contributed by atoms with van der Waals surface area (Å²) in [4.78, 5) is 33.6. The van der Waals surface area contributed by atoms with Gasteiger partial charge >= 0.3 is 0 Å². The van der Waals surface area contributed by atoms with Gasteiger partial charge in [-0.05, 0) is 25.1 Å². The summed E-state index contributed by atoms with van der Waals surface area (Å²) in [5, 5.41) is 5.26. The molecule has 0 aliphatic heterocycles. The predicted octanol–water partition coefficient (Wildman–Crippen LogP) is 1.62. The number of hydrogen-bond acceptors (Lipinski definition) is 3. The van der Waals surface area contributed by atoms with Crippen LogP contribution in [-0.2, 0) is 9.59 Å². The molecule has 2 N–H and O–H groups in total. The molecule has 0 aromatic heterocycles. The minimum Gasteiger partial charge on any atom is -0.355 e. The first-order valence-electron chi connectivity index (χ1n) is 5.25. The number of nitrogens with one attached hydrogen (secondary N) is 2. The molecular weight excluding hydrogens is 256 g/mol. The molecule has 18 heavy (non-hydrogen) atoms. The van der Waals surface area contributed by atoms with Crippen molar-refractivity contribution in [1.82, 2.24) is 5.32 Å². The summed E-state index contributed by atoms with van der Waals surface area (Å²) in [7, 11) is 1.50. The lowest BCUT2D eigenvalue weighted by molar-refractivity contribution is -0.124. The second-order valence-electron chi connectivity index (χ2n) is 3.70. The lowest BCUT2D eigenvalue weighted by Gasteiger charge is -2.08. The molecule has 1 aromatic rings. The SMILES string of the molecule is CNC(=O)c1ccc(Cl)c(NC(=O)CC(C)=O)c1. The van der Waals surface area contributed by atoms with E-state index in [1.54, 1.807) is 6.07 Å². The van der Waals surface area contributed by atoms with Gasteiger partial charge < -0.3 is 10.6 Å². The first kappa shape index (κ1) is 14.2. The number of anilines is 1. The number of ketones is 1. The second-order valence-corrected chi connectivity index (χ2v) is 4.11. The number of halogens is 1. The van der Waals surface area contributed by atoms with Crippen molar-refractivity contribution in [2.75, 3.05) is 12.4 Å². The van der Waals surface area contributed by atoms with Crippen molar-refractivity contribution in [3.8, 4) is 0 Å². The molecule has 0 spiro atoms. The molecular formula is C12H13ClN2O3. The molecule has 0 heterocycles. The Bertz CT molecular complexity index is 500. The third kappa shape index (κ3) is 3.85. The number of carbonyl (C=O) groups is 3. The largest absolute Gasteiger partial charge is 0.355 e. The number of amides is 2. The van der Waals surface area contributed by atoms with Crippen molar-refractivity contribution in [2.45, 2.75) is 13.3 Å². The standard InChI is InChI=1S/C12H13ClN2O3/c1-7(16)5-11(17)15-10-6-8(12(18)14-2)3-4-9(10)13/h3-4,6H,5H2,1-2H3,(H,14,18)(H,15,17). The summed E-state index contributed by atoms with van der Waals surface area (Å²) in [5.41, 5.74) is 0.684. The van der Waals surface area contributed by atoms with Gasteiger partial charge in [0.2, 0.25) is 5.91 Å². The molecule has 2 amide bonds. The maximum absolute atomic E-state index is 11.4. The lowest BCUT2D eigenvalue weighted by atomic mass is 10.2. The zero-order valence-corrected chi connectivity index (χ0v) is 10.8. The number of Topliss-reactive ketones (excluding diaryl/α,β-unsaturated/α-hetero) is 1. The quantitative estimate of drug-likeness (QED) is 0.815. The molecule has 96 valence electrons. The number of rotatable bonds is 4. The molecule has 1 rings (SSSR count). The van der Waals surface area contributed by atoms with Gasteiger partial charge in [-0.15, -0.1) is 0 Å². The van der Waals surface area contributed by atoms with Gasteiger partial charge in [0.05, 0.1) is 17.1 Å². The van der Waals surface area contributed by atoms with Crippen LogP contribution in [0.3, 0.4) is 0 Å². The molecule has 0 atom stereocenters. The van der Waals surface area contributed by atoms with Crippen LogP contribution in [0.25, 0.3) is 0 Å². The van der Waals surface area contributed by atoms with E-state index >= 15 is 0 Å². The highest BCUT2D eigenvalue weighted by Gasteiger charge is 2.11. The molecule has 0 saturated heterocycles. The molecule has 0 saturated carbocycles. The van der Waals surface area contributed by atoms with Gasteiger partial charge in [0.15, 0.2) is 0 Å². The Balaban J connectivity index is 2.91. The fraction of sp³-hybridized carbons (Fsp3) is 0.250. The van der Waals surface area contributed by atoms with Gasteiger partial charge in [-0.1, -0.05) is 11.6 Å². The van der Waals surface area contributed by atoms with Crippen molar-refractivity contribution in [2.24, 2.45) is 0 Å². The van der Waals surface area contributed by atoms with E-state index in [2.05, 4.69) is 10.6 Å². The van der Waals surface area contributed by atoms with Crippen molar-refractivity contribution < 1.29 is 14.4 Å². The topological polar surface area (TPSA) is 75.3 Å². The van der Waals surface area contributed by atoms with Crippen molar-refractivity contribution in [3.63, 3.8) is 0 Å². The van der Waals surface area contributed by atoms with Crippen LogP contribution in [0.15, 0.2) is 18.2 Å². The highest BCUT2D eigenvalue weighted by atomic mass is 35.5. The summed E-state index contributed by atoms with van der Waals surface area (Å²) in [5.74, 6) is -0.988. The summed E-state index contributed by atoms with van der Waals surface area (Å²) in [6, 6.07) is 4.51. The van der Waals surface area contributed by atoms with Gasteiger partial charge in [0.25, 0.3) is 5.91 Å².